The normalized spacial score (nSPS) is 10.7. The van der Waals surface area contributed by atoms with Gasteiger partial charge in [0.2, 0.25) is 0 Å². The second-order valence-corrected chi connectivity index (χ2v) is 4.58. The van der Waals surface area contributed by atoms with Crippen LogP contribution in [0.1, 0.15) is 21.5 Å². The molecule has 0 amide bonds. The number of benzene rings is 1. The highest BCUT2D eigenvalue weighted by Gasteiger charge is 2.13. The number of hydrogen-bond donors (Lipinski definition) is 0. The molecular weight excluding hydrogens is 252 g/mol. The van der Waals surface area contributed by atoms with Crippen molar-refractivity contribution >= 4 is 11.5 Å². The third kappa shape index (κ3) is 2.28. The van der Waals surface area contributed by atoms with Gasteiger partial charge in [-0.2, -0.15) is 5.10 Å². The fraction of sp³-hybridized carbons (Fsp3) is 0.125. The minimum Gasteiger partial charge on any atom is -0.465 e. The monoisotopic (exact) mass is 266 g/mol. The molecule has 0 radical (unpaired) electrons. The molecular formula is C16H14N2O2. The summed E-state index contributed by atoms with van der Waals surface area (Å²) in [5, 5.41) is 4.15. The molecule has 0 saturated heterocycles. The van der Waals surface area contributed by atoms with Crippen LogP contribution < -0.4 is 0 Å². The van der Waals surface area contributed by atoms with Crippen molar-refractivity contribution in [1.82, 2.24) is 9.61 Å². The Bertz CT molecular complexity index is 748. The van der Waals surface area contributed by atoms with Crippen LogP contribution in [0.5, 0.6) is 0 Å². The lowest BCUT2D eigenvalue weighted by atomic mass is 10.1. The van der Waals surface area contributed by atoms with Crippen LogP contribution in [0.15, 0.2) is 54.9 Å². The summed E-state index contributed by atoms with van der Waals surface area (Å²) in [5.41, 5.74) is 3.62. The minimum atomic E-state index is -0.364. The molecule has 1 aromatic carbocycles. The summed E-state index contributed by atoms with van der Waals surface area (Å²) in [4.78, 5) is 11.7. The van der Waals surface area contributed by atoms with Crippen LogP contribution >= 0.6 is 0 Å². The molecule has 0 fully saturated rings. The van der Waals surface area contributed by atoms with E-state index in [-0.39, 0.29) is 5.97 Å². The number of methoxy groups -OCH3 is 1. The topological polar surface area (TPSA) is 43.6 Å². The van der Waals surface area contributed by atoms with Gasteiger partial charge in [0.05, 0.1) is 18.8 Å². The van der Waals surface area contributed by atoms with Gasteiger partial charge in [-0.25, -0.2) is 9.31 Å². The van der Waals surface area contributed by atoms with Crippen molar-refractivity contribution in [3.8, 4) is 0 Å². The van der Waals surface area contributed by atoms with E-state index in [1.165, 1.54) is 18.9 Å². The van der Waals surface area contributed by atoms with E-state index < -0.39 is 0 Å². The van der Waals surface area contributed by atoms with Crippen LogP contribution in [0.3, 0.4) is 0 Å². The van der Waals surface area contributed by atoms with Crippen LogP contribution in [0.25, 0.3) is 5.52 Å². The van der Waals surface area contributed by atoms with Gasteiger partial charge in [-0.1, -0.05) is 30.3 Å². The maximum absolute atomic E-state index is 11.7. The van der Waals surface area contributed by atoms with Crippen LogP contribution in [0, 0.1) is 0 Å². The molecule has 100 valence electrons. The molecule has 4 heteroatoms. The number of esters is 1. The minimum absolute atomic E-state index is 0.364. The average Bonchev–Trinajstić information content (AvgIpc) is 2.91. The molecule has 3 rings (SSSR count). The molecule has 20 heavy (non-hydrogen) atoms. The lowest BCUT2D eigenvalue weighted by molar-refractivity contribution is 0.0603. The van der Waals surface area contributed by atoms with Gasteiger partial charge in [0.15, 0.2) is 0 Å². The molecule has 0 saturated carbocycles. The Morgan fingerprint density at radius 3 is 2.75 bits per heavy atom. The second kappa shape index (κ2) is 5.17. The highest BCUT2D eigenvalue weighted by atomic mass is 16.5. The lowest BCUT2D eigenvalue weighted by Crippen LogP contribution is -2.01. The van der Waals surface area contributed by atoms with E-state index in [4.69, 9.17) is 4.74 Å². The number of nitrogens with zero attached hydrogens (tertiary/aromatic N) is 2. The first-order valence-electron chi connectivity index (χ1n) is 6.36. The molecule has 0 aliphatic carbocycles. The Kier molecular flexibility index (Phi) is 3.21. The maximum atomic E-state index is 11.7. The number of fused-ring (bicyclic) bond motifs is 1. The van der Waals surface area contributed by atoms with E-state index in [0.717, 1.165) is 17.5 Å². The molecule has 0 spiro atoms. The number of rotatable bonds is 3. The summed E-state index contributed by atoms with van der Waals surface area (Å²) in [5.74, 6) is -0.364. The van der Waals surface area contributed by atoms with Crippen molar-refractivity contribution in [2.75, 3.05) is 7.11 Å². The second-order valence-electron chi connectivity index (χ2n) is 4.58. The molecule has 0 N–H and O–H groups in total. The van der Waals surface area contributed by atoms with E-state index in [9.17, 15) is 4.79 Å². The largest absolute Gasteiger partial charge is 0.465 e. The Balaban J connectivity index is 1.99. The van der Waals surface area contributed by atoms with Gasteiger partial charge in [-0.3, -0.25) is 0 Å². The summed E-state index contributed by atoms with van der Waals surface area (Å²) >= 11 is 0. The quantitative estimate of drug-likeness (QED) is 0.685. The van der Waals surface area contributed by atoms with Gasteiger partial charge in [0.1, 0.15) is 5.56 Å². The number of carbonyl (C=O) groups excluding carboxylic acids is 1. The highest BCUT2D eigenvalue weighted by Crippen LogP contribution is 2.16. The van der Waals surface area contributed by atoms with Crippen molar-refractivity contribution in [3.63, 3.8) is 0 Å². The van der Waals surface area contributed by atoms with Crippen LogP contribution in [0.4, 0.5) is 0 Å². The first-order chi connectivity index (χ1) is 9.78. The van der Waals surface area contributed by atoms with Crippen molar-refractivity contribution in [2.45, 2.75) is 6.42 Å². The first kappa shape index (κ1) is 12.4. The van der Waals surface area contributed by atoms with Crippen molar-refractivity contribution in [3.05, 3.63) is 71.5 Å². The summed E-state index contributed by atoms with van der Waals surface area (Å²) in [7, 11) is 1.37. The third-order valence-electron chi connectivity index (χ3n) is 3.24. The smallest absolute Gasteiger partial charge is 0.341 e. The predicted molar refractivity (Wildman–Crippen MR) is 75.8 cm³/mol. The van der Waals surface area contributed by atoms with E-state index in [2.05, 4.69) is 17.2 Å². The van der Waals surface area contributed by atoms with Crippen molar-refractivity contribution in [1.29, 1.82) is 0 Å². The number of hydrogen-bond acceptors (Lipinski definition) is 3. The van der Waals surface area contributed by atoms with Gasteiger partial charge in [0, 0.05) is 6.20 Å². The van der Waals surface area contributed by atoms with Crippen LogP contribution in [-0.4, -0.2) is 22.7 Å². The van der Waals surface area contributed by atoms with Gasteiger partial charge in [-0.05, 0) is 29.7 Å². The highest BCUT2D eigenvalue weighted by molar-refractivity contribution is 5.96. The molecule has 4 nitrogen and oxygen atoms in total. The SMILES string of the molecule is COC(=O)c1cnn2ccc(Cc3ccccc3)cc12. The maximum Gasteiger partial charge on any atom is 0.341 e. The molecule has 0 atom stereocenters. The van der Waals surface area contributed by atoms with Gasteiger partial charge in [0.25, 0.3) is 0 Å². The standard InChI is InChI=1S/C16H14N2O2/c1-20-16(19)14-11-17-18-8-7-13(10-15(14)18)9-12-5-3-2-4-6-12/h2-8,10-11H,9H2,1H3. The van der Waals surface area contributed by atoms with Crippen LogP contribution in [-0.2, 0) is 11.2 Å². The zero-order valence-electron chi connectivity index (χ0n) is 11.1. The Morgan fingerprint density at radius 2 is 2.00 bits per heavy atom. The summed E-state index contributed by atoms with van der Waals surface area (Å²) < 4.78 is 6.45. The summed E-state index contributed by atoms with van der Waals surface area (Å²) in [6.45, 7) is 0. The number of ether oxygens (including phenoxy) is 1. The molecule has 3 aromatic rings. The predicted octanol–water partition coefficient (Wildman–Crippen LogP) is 2.71. The zero-order valence-corrected chi connectivity index (χ0v) is 11.1. The lowest BCUT2D eigenvalue weighted by Gasteiger charge is -2.03. The summed E-state index contributed by atoms with van der Waals surface area (Å²) in [6.07, 6.45) is 4.22. The van der Waals surface area contributed by atoms with Crippen molar-refractivity contribution < 1.29 is 9.53 Å². The van der Waals surface area contributed by atoms with Gasteiger partial charge >= 0.3 is 5.97 Å². The molecule has 0 unspecified atom stereocenters. The van der Waals surface area contributed by atoms with E-state index in [1.807, 2.05) is 36.5 Å². The van der Waals surface area contributed by atoms with Gasteiger partial charge in [-0.15, -0.1) is 0 Å². The zero-order chi connectivity index (χ0) is 13.9. The summed E-state index contributed by atoms with van der Waals surface area (Å²) in [6, 6.07) is 14.2. The Labute approximate surface area is 116 Å². The molecule has 2 aromatic heterocycles. The molecule has 0 aliphatic rings. The van der Waals surface area contributed by atoms with E-state index in [1.54, 1.807) is 4.52 Å². The van der Waals surface area contributed by atoms with E-state index in [0.29, 0.717) is 5.56 Å². The fourth-order valence-electron chi connectivity index (χ4n) is 2.23. The third-order valence-corrected chi connectivity index (χ3v) is 3.24. The molecule has 0 bridgehead atoms. The van der Waals surface area contributed by atoms with Crippen LogP contribution in [0.2, 0.25) is 0 Å². The molecule has 0 aliphatic heterocycles. The van der Waals surface area contributed by atoms with E-state index >= 15 is 0 Å². The first-order valence-corrected chi connectivity index (χ1v) is 6.36. The molecule has 2 heterocycles. The fourth-order valence-corrected chi connectivity index (χ4v) is 2.23. The number of aromatic nitrogens is 2. The van der Waals surface area contributed by atoms with Crippen molar-refractivity contribution in [2.24, 2.45) is 0 Å². The van der Waals surface area contributed by atoms with Gasteiger partial charge < -0.3 is 4.74 Å². The Morgan fingerprint density at radius 1 is 1.20 bits per heavy atom. The Hall–Kier alpha value is -2.62. The number of pyridine rings is 1. The average molecular weight is 266 g/mol. The number of carbonyl (C=O) groups is 1.